The van der Waals surface area contributed by atoms with Crippen molar-refractivity contribution in [3.63, 3.8) is 0 Å². The lowest BCUT2D eigenvalue weighted by Crippen LogP contribution is -2.21. The maximum Gasteiger partial charge on any atom is 0.236 e. The van der Waals surface area contributed by atoms with Crippen molar-refractivity contribution in [1.82, 2.24) is 14.3 Å². The molecule has 3 aromatic rings. The van der Waals surface area contributed by atoms with Crippen molar-refractivity contribution < 1.29 is 4.79 Å². The van der Waals surface area contributed by atoms with Gasteiger partial charge in [0.25, 0.3) is 0 Å². The smallest absolute Gasteiger partial charge is 0.236 e. The minimum Gasteiger partial charge on any atom is -0.368 e. The summed E-state index contributed by atoms with van der Waals surface area (Å²) in [6.07, 6.45) is 2.63. The number of primary amides is 1. The maximum atomic E-state index is 10.7. The number of benzene rings is 1. The number of carbonyl (C=O) groups excluding carboxylic acids is 1. The number of amides is 1. The number of para-hydroxylation sites is 1. The monoisotopic (exact) mass is 287 g/mol. The zero-order valence-electron chi connectivity index (χ0n) is 10.6. The predicted octanol–water partition coefficient (Wildman–Crippen LogP) is 1.51. The Bertz CT molecular complexity index is 748. The Balaban J connectivity index is 1.76. The van der Waals surface area contributed by atoms with Crippen LogP contribution < -0.4 is 11.1 Å². The minimum atomic E-state index is -0.418. The topological polar surface area (TPSA) is 96.7 Å². The second-order valence-electron chi connectivity index (χ2n) is 4.37. The van der Waals surface area contributed by atoms with Crippen molar-refractivity contribution in [2.45, 2.75) is 6.42 Å². The lowest BCUT2D eigenvalue weighted by molar-refractivity contribution is -0.116. The Labute approximate surface area is 119 Å². The molecule has 0 aliphatic carbocycles. The van der Waals surface area contributed by atoms with Crippen LogP contribution in [0.15, 0.2) is 30.5 Å². The van der Waals surface area contributed by atoms with Gasteiger partial charge in [0, 0.05) is 35.1 Å². The van der Waals surface area contributed by atoms with Crippen molar-refractivity contribution in [2.24, 2.45) is 5.73 Å². The number of aromatic nitrogens is 3. The summed E-state index contributed by atoms with van der Waals surface area (Å²) in [5.74, 6) is 0.310. The molecule has 0 fully saturated rings. The molecule has 0 aliphatic heterocycles. The third-order valence-corrected chi connectivity index (χ3v) is 3.62. The third-order valence-electron chi connectivity index (χ3n) is 2.91. The highest BCUT2D eigenvalue weighted by Crippen LogP contribution is 2.21. The van der Waals surface area contributed by atoms with Gasteiger partial charge in [0.05, 0.1) is 6.54 Å². The van der Waals surface area contributed by atoms with Gasteiger partial charge in [-0.1, -0.05) is 18.2 Å². The molecule has 2 aromatic heterocycles. The summed E-state index contributed by atoms with van der Waals surface area (Å²) in [6, 6.07) is 8.11. The zero-order chi connectivity index (χ0) is 13.9. The van der Waals surface area contributed by atoms with Gasteiger partial charge in [-0.2, -0.15) is 4.37 Å². The number of rotatable bonds is 5. The number of nitrogens with one attached hydrogen (secondary N) is 2. The van der Waals surface area contributed by atoms with Gasteiger partial charge < -0.3 is 16.0 Å². The van der Waals surface area contributed by atoms with Crippen LogP contribution in [0, 0.1) is 0 Å². The van der Waals surface area contributed by atoms with Gasteiger partial charge >= 0.3 is 0 Å². The van der Waals surface area contributed by atoms with E-state index in [-0.39, 0.29) is 6.54 Å². The summed E-state index contributed by atoms with van der Waals surface area (Å²) >= 11 is 1.23. The summed E-state index contributed by atoms with van der Waals surface area (Å²) in [5.41, 5.74) is 7.32. The summed E-state index contributed by atoms with van der Waals surface area (Å²) in [7, 11) is 0. The van der Waals surface area contributed by atoms with Crippen LogP contribution in [-0.4, -0.2) is 26.8 Å². The van der Waals surface area contributed by atoms with Crippen LogP contribution in [0.4, 0.5) is 5.13 Å². The quantitative estimate of drug-likeness (QED) is 0.662. The standard InChI is InChI=1S/C13H13N5OS/c14-11(19)7-16-13-17-12(18-20-13)5-8-6-15-10-4-2-1-3-9(8)10/h1-4,6,15H,5,7H2,(H2,14,19)(H,16,17,18). The molecule has 2 heterocycles. The molecule has 0 saturated heterocycles. The van der Waals surface area contributed by atoms with Gasteiger partial charge in [0.2, 0.25) is 11.0 Å². The molecule has 0 atom stereocenters. The van der Waals surface area contributed by atoms with E-state index in [4.69, 9.17) is 5.73 Å². The molecule has 0 bridgehead atoms. The second-order valence-corrected chi connectivity index (χ2v) is 5.12. The first-order valence-electron chi connectivity index (χ1n) is 6.12. The molecule has 1 amide bonds. The molecule has 0 radical (unpaired) electrons. The van der Waals surface area contributed by atoms with E-state index in [0.717, 1.165) is 16.9 Å². The Morgan fingerprint density at radius 2 is 2.25 bits per heavy atom. The lowest BCUT2D eigenvalue weighted by atomic mass is 10.1. The highest BCUT2D eigenvalue weighted by molar-refractivity contribution is 7.09. The highest BCUT2D eigenvalue weighted by atomic mass is 32.1. The van der Waals surface area contributed by atoms with Crippen molar-refractivity contribution in [3.8, 4) is 0 Å². The molecule has 0 aliphatic rings. The molecule has 6 nitrogen and oxygen atoms in total. The fraction of sp³-hybridized carbons (Fsp3) is 0.154. The Morgan fingerprint density at radius 3 is 3.10 bits per heavy atom. The molecule has 0 unspecified atom stereocenters. The first-order valence-corrected chi connectivity index (χ1v) is 6.89. The van der Waals surface area contributed by atoms with Crippen molar-refractivity contribution >= 4 is 33.5 Å². The molecule has 7 heteroatoms. The Kier molecular flexibility index (Phi) is 3.34. The fourth-order valence-electron chi connectivity index (χ4n) is 2.01. The van der Waals surface area contributed by atoms with Crippen LogP contribution in [0.5, 0.6) is 0 Å². The van der Waals surface area contributed by atoms with E-state index in [2.05, 4.69) is 25.7 Å². The number of fused-ring (bicyclic) bond motifs is 1. The molecule has 102 valence electrons. The van der Waals surface area contributed by atoms with Gasteiger partial charge in [0.15, 0.2) is 0 Å². The molecule has 0 saturated carbocycles. The number of hydrogen-bond donors (Lipinski definition) is 3. The van der Waals surface area contributed by atoms with Gasteiger partial charge in [-0.15, -0.1) is 0 Å². The number of nitrogens with zero attached hydrogens (tertiary/aromatic N) is 2. The van der Waals surface area contributed by atoms with E-state index in [1.54, 1.807) is 0 Å². The molecule has 4 N–H and O–H groups in total. The van der Waals surface area contributed by atoms with Crippen LogP contribution >= 0.6 is 11.5 Å². The number of carbonyl (C=O) groups is 1. The molecule has 0 spiro atoms. The van der Waals surface area contributed by atoms with Crippen LogP contribution in [-0.2, 0) is 11.2 Å². The largest absolute Gasteiger partial charge is 0.368 e. The highest BCUT2D eigenvalue weighted by Gasteiger charge is 2.09. The van der Waals surface area contributed by atoms with Crippen molar-refractivity contribution in [3.05, 3.63) is 41.9 Å². The van der Waals surface area contributed by atoms with Gasteiger partial charge in [-0.25, -0.2) is 4.98 Å². The summed E-state index contributed by atoms with van der Waals surface area (Å²) in [4.78, 5) is 18.3. The molecule has 3 rings (SSSR count). The van der Waals surface area contributed by atoms with E-state index in [9.17, 15) is 4.79 Å². The lowest BCUT2D eigenvalue weighted by Gasteiger charge is -1.96. The predicted molar refractivity (Wildman–Crippen MR) is 78.7 cm³/mol. The zero-order valence-corrected chi connectivity index (χ0v) is 11.4. The maximum absolute atomic E-state index is 10.7. The van der Waals surface area contributed by atoms with Crippen molar-refractivity contribution in [2.75, 3.05) is 11.9 Å². The average Bonchev–Trinajstić information content (AvgIpc) is 3.05. The molecule has 1 aromatic carbocycles. The summed E-state index contributed by atoms with van der Waals surface area (Å²) < 4.78 is 4.28. The fourth-order valence-corrected chi connectivity index (χ4v) is 2.59. The van der Waals surface area contributed by atoms with Crippen LogP contribution in [0.3, 0.4) is 0 Å². The average molecular weight is 287 g/mol. The van der Waals surface area contributed by atoms with Gasteiger partial charge in [-0.05, 0) is 11.6 Å². The van der Waals surface area contributed by atoms with E-state index in [1.165, 1.54) is 16.9 Å². The number of nitrogens with two attached hydrogens (primary N) is 1. The number of hydrogen-bond acceptors (Lipinski definition) is 5. The van der Waals surface area contributed by atoms with Crippen LogP contribution in [0.2, 0.25) is 0 Å². The van der Waals surface area contributed by atoms with E-state index in [0.29, 0.717) is 11.6 Å². The molecular formula is C13H13N5OS. The summed E-state index contributed by atoms with van der Waals surface area (Å²) in [6.45, 7) is 0.0711. The van der Waals surface area contributed by atoms with Gasteiger partial charge in [0.1, 0.15) is 5.82 Å². The first kappa shape index (κ1) is 12.6. The van der Waals surface area contributed by atoms with Gasteiger partial charge in [-0.3, -0.25) is 4.79 Å². The Morgan fingerprint density at radius 1 is 1.40 bits per heavy atom. The second kappa shape index (κ2) is 5.30. The Hall–Kier alpha value is -2.41. The van der Waals surface area contributed by atoms with Crippen LogP contribution in [0.1, 0.15) is 11.4 Å². The molecule has 20 heavy (non-hydrogen) atoms. The van der Waals surface area contributed by atoms with E-state index in [1.807, 2.05) is 24.4 Å². The summed E-state index contributed by atoms with van der Waals surface area (Å²) in [5, 5.41) is 4.63. The number of anilines is 1. The normalized spacial score (nSPS) is 10.8. The van der Waals surface area contributed by atoms with Crippen LogP contribution in [0.25, 0.3) is 10.9 Å². The number of H-pyrrole nitrogens is 1. The first-order chi connectivity index (χ1) is 9.72. The third kappa shape index (κ3) is 2.62. The van der Waals surface area contributed by atoms with E-state index >= 15 is 0 Å². The van der Waals surface area contributed by atoms with E-state index < -0.39 is 5.91 Å². The number of aromatic amines is 1. The SMILES string of the molecule is NC(=O)CNc1nc(Cc2c[nH]c3ccccc23)ns1. The van der Waals surface area contributed by atoms with Crippen molar-refractivity contribution in [1.29, 1.82) is 0 Å². The minimum absolute atomic E-state index is 0.0711. The molecular weight excluding hydrogens is 274 g/mol.